The number of carbonyl (C=O) groups excluding carboxylic acids is 2. The standard InChI is InChI=1S/C5H9N3O4/c1-2-12-4(9)3-8(7-11)5(6)10/h2-3H2,1H3,(H2,6,10). The van der Waals surface area contributed by atoms with Gasteiger partial charge < -0.3 is 10.5 Å². The fraction of sp³-hybridized carbons (Fsp3) is 0.600. The second kappa shape index (κ2) is 5.05. The predicted molar refractivity (Wildman–Crippen MR) is 38.7 cm³/mol. The van der Waals surface area contributed by atoms with E-state index in [1.165, 1.54) is 0 Å². The highest BCUT2D eigenvalue weighted by Crippen LogP contribution is 1.89. The van der Waals surface area contributed by atoms with E-state index in [1.807, 2.05) is 0 Å². The van der Waals surface area contributed by atoms with E-state index in [0.717, 1.165) is 0 Å². The van der Waals surface area contributed by atoms with Gasteiger partial charge in [0.25, 0.3) is 0 Å². The molecule has 0 saturated heterocycles. The van der Waals surface area contributed by atoms with Gasteiger partial charge in [0, 0.05) is 0 Å². The summed E-state index contributed by atoms with van der Waals surface area (Å²) in [6, 6.07) is -1.09. The molecule has 0 atom stereocenters. The average Bonchev–Trinajstić information content (AvgIpc) is 2.00. The molecule has 0 radical (unpaired) electrons. The molecule has 7 nitrogen and oxygen atoms in total. The molecular formula is C5H9N3O4. The molecule has 0 aromatic carbocycles. The van der Waals surface area contributed by atoms with Crippen LogP contribution in [0.4, 0.5) is 4.79 Å². The van der Waals surface area contributed by atoms with Gasteiger partial charge in [-0.25, -0.2) is 4.79 Å². The molecule has 0 aromatic heterocycles. The molecule has 0 fully saturated rings. The van der Waals surface area contributed by atoms with Crippen molar-refractivity contribution >= 4 is 12.0 Å². The Labute approximate surface area is 68.4 Å². The highest BCUT2D eigenvalue weighted by atomic mass is 16.5. The van der Waals surface area contributed by atoms with Crippen molar-refractivity contribution in [3.05, 3.63) is 4.91 Å². The van der Waals surface area contributed by atoms with Crippen molar-refractivity contribution in [2.45, 2.75) is 6.92 Å². The monoisotopic (exact) mass is 175 g/mol. The van der Waals surface area contributed by atoms with Gasteiger partial charge in [-0.05, 0) is 6.92 Å². The van der Waals surface area contributed by atoms with Crippen LogP contribution in [0.15, 0.2) is 5.29 Å². The Kier molecular flexibility index (Phi) is 4.35. The molecule has 0 rings (SSSR count). The maximum Gasteiger partial charge on any atom is 0.338 e. The minimum Gasteiger partial charge on any atom is -0.465 e. The average molecular weight is 175 g/mol. The number of nitroso groups, excluding NO2 is 1. The summed E-state index contributed by atoms with van der Waals surface area (Å²) in [5, 5.41) is 2.49. The smallest absolute Gasteiger partial charge is 0.338 e. The van der Waals surface area contributed by atoms with Gasteiger partial charge in [-0.3, -0.25) is 4.79 Å². The summed E-state index contributed by atoms with van der Waals surface area (Å²) in [4.78, 5) is 30.8. The van der Waals surface area contributed by atoms with Crippen molar-refractivity contribution in [2.24, 2.45) is 11.0 Å². The Morgan fingerprint density at radius 1 is 1.58 bits per heavy atom. The molecule has 2 amide bonds. The zero-order chi connectivity index (χ0) is 9.56. The van der Waals surface area contributed by atoms with Crippen LogP contribution in [0.1, 0.15) is 6.92 Å². The topological polar surface area (TPSA) is 102 Å². The van der Waals surface area contributed by atoms with Gasteiger partial charge in [-0.1, -0.05) is 0 Å². The maximum atomic E-state index is 10.6. The summed E-state index contributed by atoms with van der Waals surface area (Å²) in [6.07, 6.45) is 0. The first-order valence-electron chi connectivity index (χ1n) is 3.17. The molecule has 12 heavy (non-hydrogen) atoms. The van der Waals surface area contributed by atoms with E-state index in [4.69, 9.17) is 0 Å². The third-order valence-electron chi connectivity index (χ3n) is 0.937. The highest BCUT2D eigenvalue weighted by Gasteiger charge is 2.14. The van der Waals surface area contributed by atoms with Crippen molar-refractivity contribution in [1.29, 1.82) is 0 Å². The van der Waals surface area contributed by atoms with Crippen LogP contribution in [0.3, 0.4) is 0 Å². The van der Waals surface area contributed by atoms with Gasteiger partial charge in [-0.15, -0.1) is 4.91 Å². The zero-order valence-corrected chi connectivity index (χ0v) is 6.52. The van der Waals surface area contributed by atoms with Gasteiger partial charge in [0.1, 0.15) is 6.54 Å². The summed E-state index contributed by atoms with van der Waals surface area (Å²) in [5.41, 5.74) is 4.68. The molecule has 0 bridgehead atoms. The minimum atomic E-state index is -1.09. The summed E-state index contributed by atoms with van der Waals surface area (Å²) in [5.74, 6) is -0.726. The Morgan fingerprint density at radius 3 is 2.50 bits per heavy atom. The molecule has 2 N–H and O–H groups in total. The Bertz CT molecular complexity index is 193. The Hall–Kier alpha value is -1.66. The van der Waals surface area contributed by atoms with Crippen LogP contribution in [0.25, 0.3) is 0 Å². The Balaban J connectivity index is 3.94. The summed E-state index contributed by atoms with van der Waals surface area (Å²) < 4.78 is 4.44. The molecule has 0 aliphatic carbocycles. The minimum absolute atomic E-state index is 0.171. The molecule has 0 spiro atoms. The third kappa shape index (κ3) is 3.49. The lowest BCUT2D eigenvalue weighted by atomic mass is 10.6. The predicted octanol–water partition coefficient (Wildman–Crippen LogP) is -0.388. The SMILES string of the molecule is CCOC(=O)CN(N=O)C(N)=O. The number of carbonyl (C=O) groups is 2. The van der Waals surface area contributed by atoms with E-state index in [0.29, 0.717) is 0 Å². The van der Waals surface area contributed by atoms with Crippen LogP contribution in [0.5, 0.6) is 0 Å². The quantitative estimate of drug-likeness (QED) is 0.357. The van der Waals surface area contributed by atoms with E-state index < -0.39 is 18.5 Å². The summed E-state index contributed by atoms with van der Waals surface area (Å²) in [7, 11) is 0. The van der Waals surface area contributed by atoms with E-state index in [1.54, 1.807) is 6.92 Å². The van der Waals surface area contributed by atoms with Crippen LogP contribution >= 0.6 is 0 Å². The van der Waals surface area contributed by atoms with Gasteiger partial charge >= 0.3 is 12.0 Å². The third-order valence-corrected chi connectivity index (χ3v) is 0.937. The molecule has 0 aromatic rings. The number of primary amides is 1. The number of rotatable bonds is 4. The van der Waals surface area contributed by atoms with Crippen LogP contribution in [-0.2, 0) is 9.53 Å². The van der Waals surface area contributed by atoms with Crippen LogP contribution in [0.2, 0.25) is 0 Å². The van der Waals surface area contributed by atoms with Gasteiger partial charge in [0.2, 0.25) is 0 Å². The molecule has 7 heteroatoms. The van der Waals surface area contributed by atoms with Crippen molar-refractivity contribution in [2.75, 3.05) is 13.2 Å². The van der Waals surface area contributed by atoms with Crippen molar-refractivity contribution in [3.63, 3.8) is 0 Å². The molecule has 0 aliphatic rings. The maximum absolute atomic E-state index is 10.6. The first-order valence-corrected chi connectivity index (χ1v) is 3.17. The largest absolute Gasteiger partial charge is 0.465 e. The van der Waals surface area contributed by atoms with E-state index in [-0.39, 0.29) is 11.6 Å². The van der Waals surface area contributed by atoms with Crippen LogP contribution in [0, 0.1) is 4.91 Å². The van der Waals surface area contributed by atoms with Crippen LogP contribution in [-0.4, -0.2) is 30.2 Å². The number of urea groups is 1. The highest BCUT2D eigenvalue weighted by molar-refractivity contribution is 5.79. The van der Waals surface area contributed by atoms with Crippen molar-refractivity contribution in [3.8, 4) is 0 Å². The van der Waals surface area contributed by atoms with E-state index >= 15 is 0 Å². The number of ether oxygens (including phenoxy) is 1. The fourth-order valence-electron chi connectivity index (χ4n) is 0.476. The molecule has 0 heterocycles. The lowest BCUT2D eigenvalue weighted by Crippen LogP contribution is -2.35. The van der Waals surface area contributed by atoms with Gasteiger partial charge in [0.15, 0.2) is 0 Å². The molecular weight excluding hydrogens is 166 g/mol. The van der Waals surface area contributed by atoms with E-state index in [2.05, 4.69) is 15.8 Å². The molecule has 0 saturated carbocycles. The summed E-state index contributed by atoms with van der Waals surface area (Å²) >= 11 is 0. The number of hydrogen-bond acceptors (Lipinski definition) is 5. The number of nitrogens with two attached hydrogens (primary N) is 1. The normalized spacial score (nSPS) is 8.75. The number of hydrogen-bond donors (Lipinski definition) is 1. The zero-order valence-electron chi connectivity index (χ0n) is 6.52. The number of nitrogens with zero attached hydrogens (tertiary/aromatic N) is 2. The van der Waals surface area contributed by atoms with Gasteiger partial charge in [-0.2, -0.15) is 5.01 Å². The van der Waals surface area contributed by atoms with Gasteiger partial charge in [0.05, 0.1) is 11.9 Å². The van der Waals surface area contributed by atoms with E-state index in [9.17, 15) is 14.5 Å². The van der Waals surface area contributed by atoms with Crippen molar-refractivity contribution in [1.82, 2.24) is 5.01 Å². The number of esters is 1. The number of amides is 2. The lowest BCUT2D eigenvalue weighted by molar-refractivity contribution is -0.143. The van der Waals surface area contributed by atoms with Crippen LogP contribution < -0.4 is 5.73 Å². The first kappa shape index (κ1) is 10.3. The van der Waals surface area contributed by atoms with Crippen molar-refractivity contribution < 1.29 is 14.3 Å². The fourth-order valence-corrected chi connectivity index (χ4v) is 0.476. The second-order valence-corrected chi connectivity index (χ2v) is 1.78. The lowest BCUT2D eigenvalue weighted by Gasteiger charge is -2.08. The summed E-state index contributed by atoms with van der Waals surface area (Å²) in [6.45, 7) is 1.22. The molecule has 0 aliphatic heterocycles. The molecule has 68 valence electrons. The second-order valence-electron chi connectivity index (χ2n) is 1.78. The first-order chi connectivity index (χ1) is 5.61. The Morgan fingerprint density at radius 2 is 2.17 bits per heavy atom. The molecule has 0 unspecified atom stereocenters.